The second-order valence-corrected chi connectivity index (χ2v) is 6.44. The normalized spacial score (nSPS) is 11.6. The van der Waals surface area contributed by atoms with Crippen molar-refractivity contribution >= 4 is 17.5 Å². The quantitative estimate of drug-likeness (QED) is 0.447. The summed E-state index contributed by atoms with van der Waals surface area (Å²) in [6.07, 6.45) is 3.89. The summed E-state index contributed by atoms with van der Waals surface area (Å²) in [6, 6.07) is 19.5. The topological polar surface area (TPSA) is 78.4 Å². The Bertz CT molecular complexity index is 674. The molecule has 0 unspecified atom stereocenters. The van der Waals surface area contributed by atoms with Crippen LogP contribution in [-0.2, 0) is 16.0 Å². The molecule has 5 heteroatoms. The van der Waals surface area contributed by atoms with E-state index in [9.17, 15) is 9.59 Å². The number of rotatable bonds is 10. The van der Waals surface area contributed by atoms with Gasteiger partial charge >= 0.3 is 0 Å². The predicted molar refractivity (Wildman–Crippen MR) is 102 cm³/mol. The van der Waals surface area contributed by atoms with E-state index in [0.717, 1.165) is 24.9 Å². The number of para-hydroxylation sites is 1. The van der Waals surface area contributed by atoms with Crippen molar-refractivity contribution in [1.29, 1.82) is 0 Å². The number of carbonyl (C=O) groups is 2. The second-order valence-electron chi connectivity index (χ2n) is 6.44. The zero-order chi connectivity index (χ0) is 18.6. The van der Waals surface area contributed by atoms with Crippen LogP contribution in [0.2, 0.25) is 0 Å². The molecule has 26 heavy (non-hydrogen) atoms. The summed E-state index contributed by atoms with van der Waals surface area (Å²) in [5, 5.41) is 11.6. The van der Waals surface area contributed by atoms with Gasteiger partial charge < -0.3 is 5.32 Å². The highest BCUT2D eigenvalue weighted by molar-refractivity contribution is 5.90. The molecule has 0 saturated heterocycles. The van der Waals surface area contributed by atoms with Crippen molar-refractivity contribution in [3.05, 3.63) is 66.2 Å². The van der Waals surface area contributed by atoms with Gasteiger partial charge in [-0.05, 0) is 49.3 Å². The third-order valence-corrected chi connectivity index (χ3v) is 4.35. The van der Waals surface area contributed by atoms with Crippen molar-refractivity contribution in [2.75, 3.05) is 5.32 Å². The fraction of sp³-hybridized carbons (Fsp3) is 0.333. The van der Waals surface area contributed by atoms with Crippen LogP contribution in [0.4, 0.5) is 5.69 Å². The van der Waals surface area contributed by atoms with Crippen molar-refractivity contribution in [2.24, 2.45) is 5.92 Å². The maximum Gasteiger partial charge on any atom is 0.243 e. The van der Waals surface area contributed by atoms with Gasteiger partial charge in [-0.15, -0.1) is 0 Å². The lowest BCUT2D eigenvalue weighted by Gasteiger charge is -2.16. The van der Waals surface area contributed by atoms with Gasteiger partial charge in [-0.2, -0.15) is 0 Å². The van der Waals surface area contributed by atoms with E-state index >= 15 is 0 Å². The van der Waals surface area contributed by atoms with Gasteiger partial charge in [0.2, 0.25) is 11.8 Å². The van der Waals surface area contributed by atoms with Gasteiger partial charge in [0.1, 0.15) is 0 Å². The molecule has 0 spiro atoms. The molecule has 0 heterocycles. The molecule has 0 radical (unpaired) electrons. The molecule has 2 aromatic carbocycles. The molecule has 0 aliphatic heterocycles. The predicted octanol–water partition coefficient (Wildman–Crippen LogP) is 3.94. The molecule has 0 saturated carbocycles. The number of benzene rings is 2. The van der Waals surface area contributed by atoms with E-state index in [-0.39, 0.29) is 18.2 Å². The highest BCUT2D eigenvalue weighted by Gasteiger charge is 2.13. The number of hydrogen-bond acceptors (Lipinski definition) is 3. The van der Waals surface area contributed by atoms with E-state index in [1.165, 1.54) is 5.56 Å². The minimum Gasteiger partial charge on any atom is -0.326 e. The molecular weight excluding hydrogens is 328 g/mol. The Labute approximate surface area is 154 Å². The minimum absolute atomic E-state index is 0.00256. The third kappa shape index (κ3) is 7.49. The van der Waals surface area contributed by atoms with Gasteiger partial charge in [0, 0.05) is 18.5 Å². The van der Waals surface area contributed by atoms with Gasteiger partial charge in [-0.25, -0.2) is 5.48 Å². The molecule has 0 aliphatic rings. The highest BCUT2D eigenvalue weighted by Crippen LogP contribution is 2.21. The number of amides is 2. The largest absolute Gasteiger partial charge is 0.326 e. The van der Waals surface area contributed by atoms with Gasteiger partial charge in [0.25, 0.3) is 0 Å². The van der Waals surface area contributed by atoms with Crippen molar-refractivity contribution in [1.82, 2.24) is 5.48 Å². The molecule has 2 aromatic rings. The van der Waals surface area contributed by atoms with Gasteiger partial charge in [-0.1, -0.05) is 48.5 Å². The number of hydroxylamine groups is 1. The van der Waals surface area contributed by atoms with E-state index in [1.807, 2.05) is 48.5 Å². The van der Waals surface area contributed by atoms with Crippen LogP contribution in [0.15, 0.2) is 60.7 Å². The first kappa shape index (κ1) is 19.7. The Morgan fingerprint density at radius 1 is 0.846 bits per heavy atom. The van der Waals surface area contributed by atoms with Crippen LogP contribution in [0.5, 0.6) is 0 Å². The summed E-state index contributed by atoms with van der Waals surface area (Å²) in [6.45, 7) is 0. The Kier molecular flexibility index (Phi) is 8.36. The maximum absolute atomic E-state index is 12.1. The first-order valence-corrected chi connectivity index (χ1v) is 8.99. The minimum atomic E-state index is -0.370. The van der Waals surface area contributed by atoms with Crippen LogP contribution in [0.1, 0.15) is 37.7 Å². The SMILES string of the molecule is O=C(CC[C@@H](CCCC(=O)Nc1ccccc1)Cc1ccccc1)NO. The van der Waals surface area contributed by atoms with Crippen molar-refractivity contribution in [3.8, 4) is 0 Å². The highest BCUT2D eigenvalue weighted by atomic mass is 16.5. The van der Waals surface area contributed by atoms with Crippen LogP contribution >= 0.6 is 0 Å². The Hall–Kier alpha value is -2.66. The van der Waals surface area contributed by atoms with Crippen molar-refractivity contribution < 1.29 is 14.8 Å². The molecule has 0 aromatic heterocycles. The average molecular weight is 354 g/mol. The van der Waals surface area contributed by atoms with Crippen molar-refractivity contribution in [2.45, 2.75) is 38.5 Å². The Balaban J connectivity index is 1.81. The number of nitrogens with one attached hydrogen (secondary N) is 2. The summed E-state index contributed by atoms with van der Waals surface area (Å²) in [4.78, 5) is 23.4. The van der Waals surface area contributed by atoms with Crippen LogP contribution in [0, 0.1) is 5.92 Å². The summed E-state index contributed by atoms with van der Waals surface area (Å²) in [5.74, 6) is -0.0770. The van der Waals surface area contributed by atoms with E-state index in [2.05, 4.69) is 17.4 Å². The molecule has 0 aliphatic carbocycles. The average Bonchev–Trinajstić information content (AvgIpc) is 2.67. The second kappa shape index (κ2) is 11.1. The monoisotopic (exact) mass is 354 g/mol. The van der Waals surface area contributed by atoms with Gasteiger partial charge in [0.15, 0.2) is 0 Å². The zero-order valence-corrected chi connectivity index (χ0v) is 14.9. The smallest absolute Gasteiger partial charge is 0.243 e. The molecule has 3 N–H and O–H groups in total. The number of anilines is 1. The maximum atomic E-state index is 12.1. The van der Waals surface area contributed by atoms with E-state index < -0.39 is 0 Å². The summed E-state index contributed by atoms with van der Waals surface area (Å²) < 4.78 is 0. The Morgan fingerprint density at radius 3 is 2.15 bits per heavy atom. The summed E-state index contributed by atoms with van der Waals surface area (Å²) in [5.41, 5.74) is 3.70. The molecule has 0 fully saturated rings. The van der Waals surface area contributed by atoms with Crippen LogP contribution < -0.4 is 10.8 Å². The van der Waals surface area contributed by atoms with Gasteiger partial charge in [-0.3, -0.25) is 14.8 Å². The molecule has 0 bridgehead atoms. The summed E-state index contributed by atoms with van der Waals surface area (Å²) in [7, 11) is 0. The fourth-order valence-corrected chi connectivity index (χ4v) is 2.98. The lowest BCUT2D eigenvalue weighted by molar-refractivity contribution is -0.129. The molecule has 1 atom stereocenters. The van der Waals surface area contributed by atoms with Crippen LogP contribution in [-0.4, -0.2) is 17.0 Å². The molecule has 138 valence electrons. The van der Waals surface area contributed by atoms with E-state index in [0.29, 0.717) is 18.8 Å². The summed E-state index contributed by atoms with van der Waals surface area (Å²) >= 11 is 0. The molecule has 2 amide bonds. The first-order valence-electron chi connectivity index (χ1n) is 8.99. The molecular formula is C21H26N2O3. The number of carbonyl (C=O) groups excluding carboxylic acids is 2. The Morgan fingerprint density at radius 2 is 1.50 bits per heavy atom. The third-order valence-electron chi connectivity index (χ3n) is 4.35. The van der Waals surface area contributed by atoms with E-state index in [4.69, 9.17) is 5.21 Å². The molecule has 5 nitrogen and oxygen atoms in total. The lowest BCUT2D eigenvalue weighted by atomic mass is 9.90. The lowest BCUT2D eigenvalue weighted by Crippen LogP contribution is -2.20. The molecule has 2 rings (SSSR count). The first-order chi connectivity index (χ1) is 12.7. The number of hydrogen-bond donors (Lipinski definition) is 3. The van der Waals surface area contributed by atoms with Crippen LogP contribution in [0.3, 0.4) is 0 Å². The van der Waals surface area contributed by atoms with Crippen molar-refractivity contribution in [3.63, 3.8) is 0 Å². The van der Waals surface area contributed by atoms with E-state index in [1.54, 1.807) is 5.48 Å². The van der Waals surface area contributed by atoms with Crippen LogP contribution in [0.25, 0.3) is 0 Å². The van der Waals surface area contributed by atoms with Gasteiger partial charge in [0.05, 0.1) is 0 Å². The standard InChI is InChI=1S/C21H26N2O3/c24-20(22-19-11-5-2-6-12-19)13-7-10-18(14-15-21(25)23-26)16-17-8-3-1-4-9-17/h1-6,8-9,11-12,18,26H,7,10,13-16H2,(H,22,24)(H,23,25)/t18-/m1/s1. The fourth-order valence-electron chi connectivity index (χ4n) is 2.98. The zero-order valence-electron chi connectivity index (χ0n) is 14.9.